The summed E-state index contributed by atoms with van der Waals surface area (Å²) in [5.74, 6) is -0.115. The molecule has 34 heavy (non-hydrogen) atoms. The molecule has 0 fully saturated rings. The minimum atomic E-state index is -0.334. The van der Waals surface area contributed by atoms with Crippen molar-refractivity contribution in [1.82, 2.24) is 18.8 Å². The van der Waals surface area contributed by atoms with Crippen molar-refractivity contribution < 1.29 is 8.78 Å². The highest BCUT2D eigenvalue weighted by atomic mass is 19.1. The lowest BCUT2D eigenvalue weighted by Gasteiger charge is -2.15. The van der Waals surface area contributed by atoms with E-state index in [4.69, 9.17) is 4.98 Å². The second kappa shape index (κ2) is 8.97. The van der Waals surface area contributed by atoms with E-state index in [0.717, 1.165) is 45.9 Å². The molecule has 1 atom stereocenters. The van der Waals surface area contributed by atoms with Crippen LogP contribution < -0.4 is 0 Å². The third-order valence-electron chi connectivity index (χ3n) is 6.68. The fourth-order valence-electron chi connectivity index (χ4n) is 4.84. The van der Waals surface area contributed by atoms with Crippen LogP contribution in [0.15, 0.2) is 31.1 Å². The Morgan fingerprint density at radius 2 is 1.50 bits per heavy atom. The largest absolute Gasteiger partial charge is 0.301 e. The Kier molecular flexibility index (Phi) is 6.36. The van der Waals surface area contributed by atoms with Gasteiger partial charge in [0.05, 0.1) is 17.1 Å². The van der Waals surface area contributed by atoms with Gasteiger partial charge in [0.2, 0.25) is 0 Å². The molecule has 0 saturated carbocycles. The standard InChI is InChI=1S/C28H34F2N4/c1-15(2)20-11-22(29)28-32-24(26(17(5)6)34(28)13-20)10-9-18(7)21-12-23(30)27-31-19(8)25(16(3)4)33(27)14-21/h11-15,17-18H,3,9-10H2,1-2,4-8H3. The van der Waals surface area contributed by atoms with Crippen molar-refractivity contribution >= 4 is 16.9 Å². The number of allylic oxidation sites excluding steroid dienone is 1. The maximum atomic E-state index is 14.9. The molecule has 0 aromatic carbocycles. The van der Waals surface area contributed by atoms with Crippen LogP contribution in [-0.2, 0) is 6.42 Å². The highest BCUT2D eigenvalue weighted by Gasteiger charge is 2.21. The van der Waals surface area contributed by atoms with Crippen LogP contribution in [0.1, 0.15) is 99.6 Å². The Hall–Kier alpha value is -3.02. The molecular formula is C28H34F2N4. The highest BCUT2D eigenvalue weighted by molar-refractivity contribution is 5.65. The SMILES string of the molecule is C=C(C)c1c(C)nc2c(F)cc(C(C)CCc3nc4c(F)cc(C(C)C)cn4c3C(C)C)cn12. The molecule has 6 heteroatoms. The van der Waals surface area contributed by atoms with Crippen molar-refractivity contribution in [1.29, 1.82) is 0 Å². The van der Waals surface area contributed by atoms with Crippen LogP contribution in [0.3, 0.4) is 0 Å². The number of halogens is 2. The van der Waals surface area contributed by atoms with Crippen molar-refractivity contribution in [2.45, 2.75) is 79.1 Å². The predicted molar refractivity (Wildman–Crippen MR) is 135 cm³/mol. The van der Waals surface area contributed by atoms with Crippen molar-refractivity contribution in [3.05, 3.63) is 76.6 Å². The Morgan fingerprint density at radius 1 is 0.912 bits per heavy atom. The molecule has 0 radical (unpaired) electrons. The first kappa shape index (κ1) is 24.1. The van der Waals surface area contributed by atoms with Crippen molar-refractivity contribution in [3.63, 3.8) is 0 Å². The Morgan fingerprint density at radius 3 is 2.09 bits per heavy atom. The van der Waals surface area contributed by atoms with E-state index in [2.05, 4.69) is 46.2 Å². The highest BCUT2D eigenvalue weighted by Crippen LogP contribution is 2.30. The van der Waals surface area contributed by atoms with Gasteiger partial charge in [-0.25, -0.2) is 18.7 Å². The van der Waals surface area contributed by atoms with Crippen LogP contribution in [0.2, 0.25) is 0 Å². The number of rotatable bonds is 7. The van der Waals surface area contributed by atoms with Gasteiger partial charge in [-0.2, -0.15) is 0 Å². The summed E-state index contributed by atoms with van der Waals surface area (Å²) in [4.78, 5) is 9.08. The minimum Gasteiger partial charge on any atom is -0.301 e. The molecule has 4 aromatic heterocycles. The van der Waals surface area contributed by atoms with Crippen molar-refractivity contribution in [3.8, 4) is 0 Å². The molecule has 0 spiro atoms. The third-order valence-corrected chi connectivity index (χ3v) is 6.68. The molecule has 4 nitrogen and oxygen atoms in total. The van der Waals surface area contributed by atoms with Gasteiger partial charge in [0.25, 0.3) is 0 Å². The average Bonchev–Trinajstić information content (AvgIpc) is 3.29. The Labute approximate surface area is 200 Å². The van der Waals surface area contributed by atoms with Gasteiger partial charge in [-0.05, 0) is 73.3 Å². The normalized spacial score (nSPS) is 13.0. The summed E-state index contributed by atoms with van der Waals surface area (Å²) in [6, 6.07) is 3.17. The van der Waals surface area contributed by atoms with E-state index in [1.807, 2.05) is 35.0 Å². The van der Waals surface area contributed by atoms with E-state index in [-0.39, 0.29) is 29.4 Å². The van der Waals surface area contributed by atoms with Gasteiger partial charge in [-0.1, -0.05) is 41.2 Å². The summed E-state index contributed by atoms with van der Waals surface area (Å²) in [7, 11) is 0. The molecule has 0 saturated heterocycles. The fourth-order valence-corrected chi connectivity index (χ4v) is 4.84. The van der Waals surface area contributed by atoms with E-state index in [1.54, 1.807) is 12.1 Å². The van der Waals surface area contributed by atoms with E-state index in [0.29, 0.717) is 17.7 Å². The number of hydrogen-bond acceptors (Lipinski definition) is 2. The molecule has 0 amide bonds. The molecule has 180 valence electrons. The van der Waals surface area contributed by atoms with Gasteiger partial charge in [0.15, 0.2) is 22.9 Å². The van der Waals surface area contributed by atoms with Gasteiger partial charge >= 0.3 is 0 Å². The molecule has 0 bridgehead atoms. The van der Waals surface area contributed by atoms with E-state index in [1.165, 1.54) is 0 Å². The molecule has 0 N–H and O–H groups in total. The zero-order valence-corrected chi connectivity index (χ0v) is 21.2. The maximum absolute atomic E-state index is 14.9. The lowest BCUT2D eigenvalue weighted by atomic mass is 9.95. The smallest absolute Gasteiger partial charge is 0.173 e. The number of aromatic nitrogens is 4. The molecule has 4 rings (SSSR count). The number of aryl methyl sites for hydroxylation is 2. The van der Waals surface area contributed by atoms with Crippen LogP contribution >= 0.6 is 0 Å². The van der Waals surface area contributed by atoms with Crippen LogP contribution in [-0.4, -0.2) is 18.8 Å². The molecular weight excluding hydrogens is 430 g/mol. The number of imidazole rings is 2. The predicted octanol–water partition coefficient (Wildman–Crippen LogP) is 7.58. The lowest BCUT2D eigenvalue weighted by Crippen LogP contribution is -2.05. The first-order valence-corrected chi connectivity index (χ1v) is 12.0. The number of pyridine rings is 2. The summed E-state index contributed by atoms with van der Waals surface area (Å²) < 4.78 is 33.5. The van der Waals surface area contributed by atoms with Crippen LogP contribution in [0.5, 0.6) is 0 Å². The second-order valence-corrected chi connectivity index (χ2v) is 10.1. The van der Waals surface area contributed by atoms with E-state index in [9.17, 15) is 8.78 Å². The van der Waals surface area contributed by atoms with E-state index >= 15 is 0 Å². The number of nitrogens with zero attached hydrogens (tertiary/aromatic N) is 4. The topological polar surface area (TPSA) is 34.6 Å². The summed E-state index contributed by atoms with van der Waals surface area (Å²) in [6.07, 6.45) is 5.43. The zero-order valence-electron chi connectivity index (χ0n) is 21.2. The van der Waals surface area contributed by atoms with Gasteiger partial charge in [0, 0.05) is 18.1 Å². The van der Waals surface area contributed by atoms with Gasteiger partial charge in [-0.15, -0.1) is 0 Å². The Balaban J connectivity index is 1.68. The summed E-state index contributed by atoms with van der Waals surface area (Å²) in [5, 5.41) is 0. The number of hydrogen-bond donors (Lipinski definition) is 0. The maximum Gasteiger partial charge on any atom is 0.173 e. The molecule has 1 unspecified atom stereocenters. The van der Waals surface area contributed by atoms with Crippen LogP contribution in [0, 0.1) is 18.6 Å². The Bertz CT molecular complexity index is 1390. The average molecular weight is 465 g/mol. The second-order valence-electron chi connectivity index (χ2n) is 10.1. The van der Waals surface area contributed by atoms with Gasteiger partial charge in [-0.3, -0.25) is 4.40 Å². The summed E-state index contributed by atoms with van der Waals surface area (Å²) in [5.41, 5.74) is 6.97. The minimum absolute atomic E-state index is 0.0838. The van der Waals surface area contributed by atoms with Crippen LogP contribution in [0.25, 0.3) is 16.9 Å². The first-order chi connectivity index (χ1) is 16.0. The molecule has 0 aliphatic heterocycles. The molecule has 4 aromatic rings. The first-order valence-electron chi connectivity index (χ1n) is 12.0. The monoisotopic (exact) mass is 464 g/mol. The lowest BCUT2D eigenvalue weighted by molar-refractivity contribution is 0.611. The quantitative estimate of drug-likeness (QED) is 0.282. The van der Waals surface area contributed by atoms with Crippen LogP contribution in [0.4, 0.5) is 8.78 Å². The van der Waals surface area contributed by atoms with Crippen molar-refractivity contribution in [2.24, 2.45) is 0 Å². The third kappa shape index (κ3) is 4.15. The molecule has 0 aliphatic rings. The summed E-state index contributed by atoms with van der Waals surface area (Å²) >= 11 is 0. The van der Waals surface area contributed by atoms with E-state index < -0.39 is 0 Å². The number of fused-ring (bicyclic) bond motifs is 2. The molecule has 0 aliphatic carbocycles. The van der Waals surface area contributed by atoms with Crippen molar-refractivity contribution in [2.75, 3.05) is 0 Å². The fraction of sp³-hybridized carbons (Fsp3) is 0.429. The molecule has 4 heterocycles. The van der Waals surface area contributed by atoms with Gasteiger partial charge in [0.1, 0.15) is 0 Å². The van der Waals surface area contributed by atoms with Gasteiger partial charge < -0.3 is 4.40 Å². The zero-order chi connectivity index (χ0) is 24.9. The summed E-state index contributed by atoms with van der Waals surface area (Å²) in [6.45, 7) is 18.3.